The van der Waals surface area contributed by atoms with Crippen LogP contribution in [0.5, 0.6) is 11.5 Å². The Kier molecular flexibility index (Phi) is 4.13. The first-order valence-corrected chi connectivity index (χ1v) is 7.85. The second-order valence-corrected chi connectivity index (χ2v) is 6.37. The monoisotopic (exact) mass is 306 g/mol. The van der Waals surface area contributed by atoms with Crippen LogP contribution in [-0.4, -0.2) is 25.7 Å². The lowest BCUT2D eigenvalue weighted by molar-refractivity contribution is 0.318. The standard InChI is InChI=1S/C14H14N2O4S/c1-21(18,19)13-4-2-3-12(9-13)20-11-7-5-10(6-8-11)14(15)16-17/h2-9,17H,1H3,(H2,15,16). The van der Waals surface area contributed by atoms with Gasteiger partial charge in [-0.05, 0) is 42.5 Å². The van der Waals surface area contributed by atoms with Gasteiger partial charge in [-0.2, -0.15) is 0 Å². The predicted molar refractivity (Wildman–Crippen MR) is 78.6 cm³/mol. The summed E-state index contributed by atoms with van der Waals surface area (Å²) in [7, 11) is -3.28. The van der Waals surface area contributed by atoms with Crippen LogP contribution in [0.4, 0.5) is 0 Å². The highest BCUT2D eigenvalue weighted by Gasteiger charge is 2.08. The lowest BCUT2D eigenvalue weighted by Crippen LogP contribution is -2.12. The number of nitrogens with two attached hydrogens (primary N) is 1. The quantitative estimate of drug-likeness (QED) is 0.389. The molecule has 2 aromatic carbocycles. The van der Waals surface area contributed by atoms with Crippen LogP contribution in [0.25, 0.3) is 0 Å². The van der Waals surface area contributed by atoms with Crippen molar-refractivity contribution in [1.29, 1.82) is 0 Å². The van der Waals surface area contributed by atoms with Crippen molar-refractivity contribution in [3.8, 4) is 11.5 Å². The van der Waals surface area contributed by atoms with Gasteiger partial charge in [-0.3, -0.25) is 0 Å². The molecule has 7 heteroatoms. The minimum Gasteiger partial charge on any atom is -0.457 e. The summed E-state index contributed by atoms with van der Waals surface area (Å²) in [6.07, 6.45) is 1.14. The number of rotatable bonds is 4. The van der Waals surface area contributed by atoms with E-state index in [1.165, 1.54) is 12.1 Å². The zero-order chi connectivity index (χ0) is 15.5. The normalized spacial score (nSPS) is 12.1. The molecule has 0 unspecified atom stereocenters. The summed E-state index contributed by atoms with van der Waals surface area (Å²) in [5.74, 6) is 0.922. The predicted octanol–water partition coefficient (Wildman–Crippen LogP) is 1.98. The van der Waals surface area contributed by atoms with Crippen molar-refractivity contribution in [1.82, 2.24) is 0 Å². The highest BCUT2D eigenvalue weighted by Crippen LogP contribution is 2.24. The van der Waals surface area contributed by atoms with E-state index in [2.05, 4.69) is 5.16 Å². The van der Waals surface area contributed by atoms with Gasteiger partial charge in [0.1, 0.15) is 11.5 Å². The SMILES string of the molecule is CS(=O)(=O)c1cccc(Oc2ccc(/C(N)=N/O)cc2)c1. The number of benzene rings is 2. The van der Waals surface area contributed by atoms with Crippen molar-refractivity contribution in [2.24, 2.45) is 10.9 Å². The van der Waals surface area contributed by atoms with Crippen molar-refractivity contribution < 1.29 is 18.4 Å². The molecule has 2 rings (SSSR count). The molecule has 0 aliphatic heterocycles. The molecule has 0 spiro atoms. The molecule has 0 heterocycles. The number of sulfone groups is 1. The first kappa shape index (κ1) is 14.9. The van der Waals surface area contributed by atoms with Crippen molar-refractivity contribution in [2.75, 3.05) is 6.26 Å². The van der Waals surface area contributed by atoms with Crippen LogP contribution in [-0.2, 0) is 9.84 Å². The number of hydrogen-bond acceptors (Lipinski definition) is 5. The van der Waals surface area contributed by atoms with E-state index in [1.807, 2.05) is 0 Å². The van der Waals surface area contributed by atoms with Crippen LogP contribution in [0.15, 0.2) is 58.6 Å². The maximum atomic E-state index is 11.5. The number of oxime groups is 1. The zero-order valence-corrected chi connectivity index (χ0v) is 12.0. The number of amidine groups is 1. The van der Waals surface area contributed by atoms with Gasteiger partial charge in [-0.1, -0.05) is 11.2 Å². The Morgan fingerprint density at radius 2 is 1.81 bits per heavy atom. The molecule has 0 saturated carbocycles. The second-order valence-electron chi connectivity index (χ2n) is 4.36. The van der Waals surface area contributed by atoms with E-state index >= 15 is 0 Å². The summed E-state index contributed by atoms with van der Waals surface area (Å²) in [6.45, 7) is 0. The third-order valence-corrected chi connectivity index (χ3v) is 3.84. The fraction of sp³-hybridized carbons (Fsp3) is 0.0714. The molecule has 0 atom stereocenters. The molecule has 110 valence electrons. The summed E-state index contributed by atoms with van der Waals surface area (Å²) >= 11 is 0. The smallest absolute Gasteiger partial charge is 0.175 e. The van der Waals surface area contributed by atoms with Crippen LogP contribution in [0, 0.1) is 0 Å². The Hall–Kier alpha value is -2.54. The van der Waals surface area contributed by atoms with E-state index in [0.29, 0.717) is 17.1 Å². The van der Waals surface area contributed by atoms with Crippen molar-refractivity contribution >= 4 is 15.7 Å². The van der Waals surface area contributed by atoms with E-state index in [-0.39, 0.29) is 10.7 Å². The van der Waals surface area contributed by atoms with Gasteiger partial charge in [-0.15, -0.1) is 0 Å². The molecule has 3 N–H and O–H groups in total. The molecule has 2 aromatic rings. The average molecular weight is 306 g/mol. The lowest BCUT2D eigenvalue weighted by atomic mass is 10.2. The zero-order valence-electron chi connectivity index (χ0n) is 11.2. The first-order chi connectivity index (χ1) is 9.90. The van der Waals surface area contributed by atoms with Gasteiger partial charge in [0.2, 0.25) is 0 Å². The van der Waals surface area contributed by atoms with E-state index in [9.17, 15) is 8.42 Å². The largest absolute Gasteiger partial charge is 0.457 e. The van der Waals surface area contributed by atoms with Gasteiger partial charge in [-0.25, -0.2) is 8.42 Å². The van der Waals surface area contributed by atoms with E-state index < -0.39 is 9.84 Å². The molecule has 0 saturated heterocycles. The second kappa shape index (κ2) is 5.84. The van der Waals surface area contributed by atoms with Crippen LogP contribution in [0.1, 0.15) is 5.56 Å². The summed E-state index contributed by atoms with van der Waals surface area (Å²) in [5, 5.41) is 11.5. The third-order valence-electron chi connectivity index (χ3n) is 2.73. The molecule has 0 aliphatic rings. The van der Waals surface area contributed by atoms with Crippen molar-refractivity contribution in [3.63, 3.8) is 0 Å². The van der Waals surface area contributed by atoms with E-state index in [4.69, 9.17) is 15.7 Å². The van der Waals surface area contributed by atoms with Crippen LogP contribution in [0.2, 0.25) is 0 Å². The summed E-state index contributed by atoms with van der Waals surface area (Å²) < 4.78 is 28.5. The maximum absolute atomic E-state index is 11.5. The lowest BCUT2D eigenvalue weighted by Gasteiger charge is -2.07. The van der Waals surface area contributed by atoms with E-state index in [0.717, 1.165) is 6.26 Å². The average Bonchev–Trinajstić information content (AvgIpc) is 2.47. The van der Waals surface area contributed by atoms with Crippen LogP contribution >= 0.6 is 0 Å². The van der Waals surface area contributed by atoms with Gasteiger partial charge < -0.3 is 15.7 Å². The minimum atomic E-state index is -3.28. The molecule has 21 heavy (non-hydrogen) atoms. The molecule has 0 bridgehead atoms. The topological polar surface area (TPSA) is 102 Å². The molecule has 0 amide bonds. The van der Waals surface area contributed by atoms with Gasteiger partial charge in [0.25, 0.3) is 0 Å². The summed E-state index contributed by atoms with van der Waals surface area (Å²) in [6, 6.07) is 12.8. The van der Waals surface area contributed by atoms with E-state index in [1.54, 1.807) is 36.4 Å². The Bertz CT molecular complexity index is 768. The Morgan fingerprint density at radius 3 is 2.38 bits per heavy atom. The Morgan fingerprint density at radius 1 is 1.14 bits per heavy atom. The Labute approximate surface area is 122 Å². The van der Waals surface area contributed by atoms with Crippen molar-refractivity contribution in [3.05, 3.63) is 54.1 Å². The summed E-state index contributed by atoms with van der Waals surface area (Å²) in [4.78, 5) is 0.188. The molecular weight excluding hydrogens is 292 g/mol. The maximum Gasteiger partial charge on any atom is 0.175 e. The minimum absolute atomic E-state index is 0.000578. The van der Waals surface area contributed by atoms with Crippen LogP contribution in [0.3, 0.4) is 0 Å². The Balaban J connectivity index is 2.23. The molecule has 6 nitrogen and oxygen atoms in total. The fourth-order valence-corrected chi connectivity index (χ4v) is 2.31. The van der Waals surface area contributed by atoms with Gasteiger partial charge in [0.15, 0.2) is 15.7 Å². The number of ether oxygens (including phenoxy) is 1. The van der Waals surface area contributed by atoms with Crippen LogP contribution < -0.4 is 10.5 Å². The third kappa shape index (κ3) is 3.73. The molecular formula is C14H14N2O4S. The highest BCUT2D eigenvalue weighted by molar-refractivity contribution is 7.90. The van der Waals surface area contributed by atoms with Gasteiger partial charge in [0.05, 0.1) is 4.90 Å². The first-order valence-electron chi connectivity index (χ1n) is 5.96. The van der Waals surface area contributed by atoms with Gasteiger partial charge >= 0.3 is 0 Å². The molecule has 0 aromatic heterocycles. The number of nitrogens with zero attached hydrogens (tertiary/aromatic N) is 1. The number of hydrogen-bond donors (Lipinski definition) is 2. The molecule has 0 aliphatic carbocycles. The van der Waals surface area contributed by atoms with Crippen molar-refractivity contribution in [2.45, 2.75) is 4.90 Å². The molecule has 0 fully saturated rings. The summed E-state index contributed by atoms with van der Waals surface area (Å²) in [5.41, 5.74) is 6.01. The fourth-order valence-electron chi connectivity index (χ4n) is 1.66. The molecule has 0 radical (unpaired) electrons. The highest BCUT2D eigenvalue weighted by atomic mass is 32.2. The van der Waals surface area contributed by atoms with Gasteiger partial charge in [0, 0.05) is 11.8 Å².